The lowest BCUT2D eigenvalue weighted by Crippen LogP contribution is -2.47. The van der Waals surface area contributed by atoms with Crippen LogP contribution in [0.3, 0.4) is 0 Å². The molecule has 3 N–H and O–H groups in total. The summed E-state index contributed by atoms with van der Waals surface area (Å²) < 4.78 is 0. The van der Waals surface area contributed by atoms with E-state index in [0.29, 0.717) is 6.54 Å². The molecule has 6 heteroatoms. The Hall–Kier alpha value is -1.24. The normalized spacial score (nSPS) is 17.4. The second-order valence-electron chi connectivity index (χ2n) is 4.13. The highest BCUT2D eigenvalue weighted by Gasteiger charge is 2.19. The minimum Gasteiger partial charge on any atom is -0.395 e. The van der Waals surface area contributed by atoms with Gasteiger partial charge in [0.1, 0.15) is 12.1 Å². The molecular formula is C11H19N5O. The number of piperazine rings is 1. The quantitative estimate of drug-likeness (QED) is 0.703. The van der Waals surface area contributed by atoms with E-state index in [1.165, 1.54) is 0 Å². The van der Waals surface area contributed by atoms with Crippen LogP contribution in [0.5, 0.6) is 0 Å². The Morgan fingerprint density at radius 1 is 1.29 bits per heavy atom. The van der Waals surface area contributed by atoms with Crippen LogP contribution < -0.4 is 10.6 Å². The third kappa shape index (κ3) is 2.91. The fourth-order valence-corrected chi connectivity index (χ4v) is 2.11. The number of rotatable bonds is 4. The van der Waals surface area contributed by atoms with Crippen molar-refractivity contribution in [2.75, 3.05) is 44.2 Å². The minimum atomic E-state index is 0.224. The zero-order chi connectivity index (χ0) is 12.1. The molecule has 0 aromatic carbocycles. The second kappa shape index (κ2) is 5.90. The first-order chi connectivity index (χ1) is 8.35. The van der Waals surface area contributed by atoms with E-state index in [4.69, 9.17) is 10.8 Å². The molecule has 0 radical (unpaired) electrons. The first-order valence-electron chi connectivity index (χ1n) is 5.92. The number of anilines is 1. The maximum absolute atomic E-state index is 8.89. The number of hydrogen-bond donors (Lipinski definition) is 2. The molecule has 17 heavy (non-hydrogen) atoms. The van der Waals surface area contributed by atoms with Crippen molar-refractivity contribution < 1.29 is 5.11 Å². The Morgan fingerprint density at radius 3 is 2.71 bits per heavy atom. The predicted octanol–water partition coefficient (Wildman–Crippen LogP) is -0.950. The van der Waals surface area contributed by atoms with Crippen molar-refractivity contribution in [3.63, 3.8) is 0 Å². The van der Waals surface area contributed by atoms with Gasteiger partial charge in [-0.05, 0) is 0 Å². The molecule has 6 nitrogen and oxygen atoms in total. The van der Waals surface area contributed by atoms with Gasteiger partial charge in [0.05, 0.1) is 6.61 Å². The number of nitrogens with zero attached hydrogens (tertiary/aromatic N) is 4. The standard InChI is InChI=1S/C11H19N5O/c12-7-10-8-13-9-14-11(10)16-3-1-15(2-4-16)5-6-17/h8-9,17H,1-7,12H2. The highest BCUT2D eigenvalue weighted by atomic mass is 16.3. The lowest BCUT2D eigenvalue weighted by Gasteiger charge is -2.35. The molecule has 1 fully saturated rings. The van der Waals surface area contributed by atoms with Crippen molar-refractivity contribution in [3.05, 3.63) is 18.1 Å². The van der Waals surface area contributed by atoms with Gasteiger partial charge < -0.3 is 15.7 Å². The Bertz CT molecular complexity index is 351. The fourth-order valence-electron chi connectivity index (χ4n) is 2.11. The van der Waals surface area contributed by atoms with Crippen LogP contribution in [-0.2, 0) is 6.54 Å². The third-order valence-corrected chi connectivity index (χ3v) is 3.07. The summed E-state index contributed by atoms with van der Waals surface area (Å²) in [5.41, 5.74) is 6.67. The van der Waals surface area contributed by atoms with E-state index in [1.807, 2.05) is 0 Å². The first kappa shape index (κ1) is 12.2. The number of aliphatic hydroxyl groups is 1. The molecule has 0 aliphatic carbocycles. The van der Waals surface area contributed by atoms with Crippen LogP contribution in [-0.4, -0.2) is 59.3 Å². The molecule has 1 aliphatic rings. The second-order valence-corrected chi connectivity index (χ2v) is 4.13. The van der Waals surface area contributed by atoms with Crippen molar-refractivity contribution >= 4 is 5.82 Å². The molecule has 1 aliphatic heterocycles. The first-order valence-corrected chi connectivity index (χ1v) is 5.92. The number of β-amino-alcohol motifs (C(OH)–C–C–N with tert-alkyl or cyclic N) is 1. The summed E-state index contributed by atoms with van der Waals surface area (Å²) in [6, 6.07) is 0. The topological polar surface area (TPSA) is 78.5 Å². The van der Waals surface area contributed by atoms with Gasteiger partial charge >= 0.3 is 0 Å². The summed E-state index contributed by atoms with van der Waals surface area (Å²) >= 11 is 0. The molecular weight excluding hydrogens is 218 g/mol. The average Bonchev–Trinajstić information content (AvgIpc) is 2.40. The van der Waals surface area contributed by atoms with E-state index in [9.17, 15) is 0 Å². The molecule has 94 valence electrons. The number of nitrogens with two attached hydrogens (primary N) is 1. The average molecular weight is 237 g/mol. The Balaban J connectivity index is 2.00. The lowest BCUT2D eigenvalue weighted by atomic mass is 10.2. The maximum Gasteiger partial charge on any atom is 0.136 e. The van der Waals surface area contributed by atoms with E-state index >= 15 is 0 Å². The molecule has 0 saturated carbocycles. The molecule has 0 amide bonds. The van der Waals surface area contributed by atoms with Crippen LogP contribution >= 0.6 is 0 Å². The number of hydrogen-bond acceptors (Lipinski definition) is 6. The van der Waals surface area contributed by atoms with Crippen LogP contribution in [0, 0.1) is 0 Å². The maximum atomic E-state index is 8.89. The summed E-state index contributed by atoms with van der Waals surface area (Å²) in [7, 11) is 0. The van der Waals surface area contributed by atoms with Crippen LogP contribution in [0.25, 0.3) is 0 Å². The van der Waals surface area contributed by atoms with Crippen molar-refractivity contribution in [3.8, 4) is 0 Å². The molecule has 0 bridgehead atoms. The van der Waals surface area contributed by atoms with Crippen LogP contribution in [0.2, 0.25) is 0 Å². The van der Waals surface area contributed by atoms with Crippen LogP contribution in [0.4, 0.5) is 5.82 Å². The van der Waals surface area contributed by atoms with Gasteiger partial charge in [0, 0.05) is 51.0 Å². The Labute approximate surface area is 101 Å². The largest absolute Gasteiger partial charge is 0.395 e. The van der Waals surface area contributed by atoms with E-state index in [-0.39, 0.29) is 6.61 Å². The summed E-state index contributed by atoms with van der Waals surface area (Å²) in [4.78, 5) is 12.8. The van der Waals surface area contributed by atoms with E-state index < -0.39 is 0 Å². The highest BCUT2D eigenvalue weighted by Crippen LogP contribution is 2.17. The van der Waals surface area contributed by atoms with Gasteiger partial charge in [0.2, 0.25) is 0 Å². The number of aliphatic hydroxyl groups excluding tert-OH is 1. The zero-order valence-corrected chi connectivity index (χ0v) is 9.92. The molecule has 0 spiro atoms. The van der Waals surface area contributed by atoms with Gasteiger partial charge in [0.15, 0.2) is 0 Å². The summed E-state index contributed by atoms with van der Waals surface area (Å²) in [6.07, 6.45) is 3.34. The molecule has 2 rings (SSSR count). The van der Waals surface area contributed by atoms with Crippen molar-refractivity contribution in [1.82, 2.24) is 14.9 Å². The molecule has 1 saturated heterocycles. The van der Waals surface area contributed by atoms with Gasteiger partial charge in [-0.2, -0.15) is 0 Å². The highest BCUT2D eigenvalue weighted by molar-refractivity contribution is 5.45. The molecule has 0 unspecified atom stereocenters. The Morgan fingerprint density at radius 2 is 2.06 bits per heavy atom. The number of aromatic nitrogens is 2. The molecule has 1 aromatic rings. The minimum absolute atomic E-state index is 0.224. The van der Waals surface area contributed by atoms with Crippen LogP contribution in [0.1, 0.15) is 5.56 Å². The van der Waals surface area contributed by atoms with Crippen molar-refractivity contribution in [1.29, 1.82) is 0 Å². The van der Waals surface area contributed by atoms with Gasteiger partial charge in [0.25, 0.3) is 0 Å². The van der Waals surface area contributed by atoms with Gasteiger partial charge in [-0.15, -0.1) is 0 Å². The molecule has 0 atom stereocenters. The lowest BCUT2D eigenvalue weighted by molar-refractivity contribution is 0.188. The summed E-state index contributed by atoms with van der Waals surface area (Å²) in [5, 5.41) is 8.89. The third-order valence-electron chi connectivity index (χ3n) is 3.07. The molecule has 2 heterocycles. The van der Waals surface area contributed by atoms with Gasteiger partial charge in [-0.25, -0.2) is 9.97 Å². The smallest absolute Gasteiger partial charge is 0.136 e. The predicted molar refractivity (Wildman–Crippen MR) is 65.7 cm³/mol. The van der Waals surface area contributed by atoms with Gasteiger partial charge in [-0.1, -0.05) is 0 Å². The molecule has 1 aromatic heterocycles. The Kier molecular flexibility index (Phi) is 4.24. The van der Waals surface area contributed by atoms with E-state index in [1.54, 1.807) is 12.5 Å². The van der Waals surface area contributed by atoms with Crippen molar-refractivity contribution in [2.45, 2.75) is 6.54 Å². The summed E-state index contributed by atoms with van der Waals surface area (Å²) in [6.45, 7) is 5.19. The van der Waals surface area contributed by atoms with Gasteiger partial charge in [-0.3, -0.25) is 4.90 Å². The summed E-state index contributed by atoms with van der Waals surface area (Å²) in [5.74, 6) is 0.950. The van der Waals surface area contributed by atoms with Crippen molar-refractivity contribution in [2.24, 2.45) is 5.73 Å². The SMILES string of the molecule is NCc1cncnc1N1CCN(CCO)CC1. The fraction of sp³-hybridized carbons (Fsp3) is 0.636. The zero-order valence-electron chi connectivity index (χ0n) is 9.92. The van der Waals surface area contributed by atoms with E-state index in [0.717, 1.165) is 44.1 Å². The monoisotopic (exact) mass is 237 g/mol. The van der Waals surface area contributed by atoms with E-state index in [2.05, 4.69) is 19.8 Å². The van der Waals surface area contributed by atoms with Crippen LogP contribution in [0.15, 0.2) is 12.5 Å².